The van der Waals surface area contributed by atoms with E-state index in [1.54, 1.807) is 12.6 Å². The number of carbonyl (C=O) groups excluding carboxylic acids is 1. The Hall–Kier alpha value is -1.10. The molecule has 0 fully saturated rings. The van der Waals surface area contributed by atoms with Crippen molar-refractivity contribution in [2.75, 3.05) is 19.5 Å². The monoisotopic (exact) mass is 172 g/mol. The molecule has 0 amide bonds. The Morgan fingerprint density at radius 1 is 1.82 bits per heavy atom. The van der Waals surface area contributed by atoms with Gasteiger partial charge < -0.3 is 10.1 Å². The number of methoxy groups -OCH3 is 1. The number of hydrogen-bond donors (Lipinski definition) is 1. The van der Waals surface area contributed by atoms with Gasteiger partial charge in [-0.3, -0.25) is 0 Å². The quantitative estimate of drug-likeness (QED) is 0.675. The van der Waals surface area contributed by atoms with Gasteiger partial charge >= 0.3 is 5.97 Å². The largest absolute Gasteiger partial charge is 0.464 e. The van der Waals surface area contributed by atoms with E-state index >= 15 is 0 Å². The van der Waals surface area contributed by atoms with Gasteiger partial charge in [-0.05, 0) is 0 Å². The first-order valence-electron chi connectivity index (χ1n) is 2.99. The minimum Gasteiger partial charge on any atom is -0.464 e. The van der Waals surface area contributed by atoms with Crippen molar-refractivity contribution in [2.45, 2.75) is 0 Å². The first-order chi connectivity index (χ1) is 5.29. The van der Waals surface area contributed by atoms with Gasteiger partial charge in [0.05, 0.1) is 12.6 Å². The summed E-state index contributed by atoms with van der Waals surface area (Å²) in [5.74, 6) is -0.407. The zero-order valence-electron chi connectivity index (χ0n) is 6.25. The number of nitrogens with one attached hydrogen (secondary N) is 1. The van der Waals surface area contributed by atoms with Crippen molar-refractivity contribution in [3.63, 3.8) is 0 Å². The van der Waals surface area contributed by atoms with E-state index < -0.39 is 5.97 Å². The van der Waals surface area contributed by atoms with E-state index in [0.29, 0.717) is 5.69 Å². The molecule has 0 radical (unpaired) electrons. The van der Waals surface area contributed by atoms with Crippen LogP contribution in [0.25, 0.3) is 0 Å². The second-order valence-corrected chi connectivity index (χ2v) is 2.63. The van der Waals surface area contributed by atoms with Crippen LogP contribution in [-0.4, -0.2) is 25.1 Å². The van der Waals surface area contributed by atoms with Gasteiger partial charge in [0.1, 0.15) is 5.00 Å². The highest BCUT2D eigenvalue weighted by molar-refractivity contribution is 7.14. The number of esters is 1. The maximum Gasteiger partial charge on any atom is 0.359 e. The number of anilines is 1. The van der Waals surface area contributed by atoms with Crippen LogP contribution in [0.2, 0.25) is 0 Å². The number of hydrogen-bond acceptors (Lipinski definition) is 5. The van der Waals surface area contributed by atoms with Crippen LogP contribution in [0.5, 0.6) is 0 Å². The molecule has 11 heavy (non-hydrogen) atoms. The van der Waals surface area contributed by atoms with Gasteiger partial charge in [0.2, 0.25) is 0 Å². The minimum absolute atomic E-state index is 0.347. The van der Waals surface area contributed by atoms with Crippen LogP contribution in [0.3, 0.4) is 0 Å². The minimum atomic E-state index is -0.407. The topological polar surface area (TPSA) is 51.2 Å². The van der Waals surface area contributed by atoms with Crippen molar-refractivity contribution in [1.82, 2.24) is 4.98 Å². The van der Waals surface area contributed by atoms with Gasteiger partial charge in [-0.2, -0.15) is 0 Å². The molecule has 1 N–H and O–H groups in total. The summed E-state index contributed by atoms with van der Waals surface area (Å²) in [5, 5.41) is 3.58. The zero-order valence-corrected chi connectivity index (χ0v) is 7.07. The third kappa shape index (κ3) is 1.48. The van der Waals surface area contributed by atoms with Crippen molar-refractivity contribution >= 4 is 22.3 Å². The molecule has 0 saturated carbocycles. The predicted molar refractivity (Wildman–Crippen MR) is 43.0 cm³/mol. The number of ether oxygens (including phenoxy) is 1. The van der Waals surface area contributed by atoms with Crippen LogP contribution in [-0.2, 0) is 4.74 Å². The summed E-state index contributed by atoms with van der Waals surface area (Å²) in [4.78, 5) is 14.8. The van der Waals surface area contributed by atoms with Crippen LogP contribution < -0.4 is 5.32 Å². The summed E-state index contributed by atoms with van der Waals surface area (Å²) in [5.41, 5.74) is 1.94. The zero-order chi connectivity index (χ0) is 8.27. The van der Waals surface area contributed by atoms with E-state index in [4.69, 9.17) is 0 Å². The molecular formula is C6H8N2O2S. The first-order valence-corrected chi connectivity index (χ1v) is 3.87. The molecule has 1 aromatic heterocycles. The number of nitrogens with zero attached hydrogens (tertiary/aromatic N) is 1. The Morgan fingerprint density at radius 3 is 3.09 bits per heavy atom. The molecule has 1 aromatic rings. The first kappa shape index (κ1) is 8.00. The second kappa shape index (κ2) is 3.34. The number of rotatable bonds is 2. The summed E-state index contributed by atoms with van der Waals surface area (Å²) in [7, 11) is 3.07. The summed E-state index contributed by atoms with van der Waals surface area (Å²) < 4.78 is 4.50. The Balaban J connectivity index is 2.92. The molecule has 0 spiro atoms. The normalized spacial score (nSPS) is 9.27. The van der Waals surface area contributed by atoms with Gasteiger partial charge in [-0.15, -0.1) is 11.3 Å². The molecule has 0 unspecified atom stereocenters. The van der Waals surface area contributed by atoms with Gasteiger partial charge in [-0.1, -0.05) is 0 Å². The lowest BCUT2D eigenvalue weighted by Crippen LogP contribution is -2.04. The third-order valence-electron chi connectivity index (χ3n) is 1.17. The van der Waals surface area contributed by atoms with E-state index in [0.717, 1.165) is 5.00 Å². The molecule has 0 bridgehead atoms. The third-order valence-corrected chi connectivity index (χ3v) is 2.02. The summed E-state index contributed by atoms with van der Waals surface area (Å²) >= 11 is 1.37. The van der Waals surface area contributed by atoms with Crippen molar-refractivity contribution in [3.05, 3.63) is 11.2 Å². The Bertz CT molecular complexity index is 259. The van der Waals surface area contributed by atoms with Gasteiger partial charge in [0.15, 0.2) is 5.69 Å². The fourth-order valence-corrected chi connectivity index (χ4v) is 1.29. The van der Waals surface area contributed by atoms with E-state index in [2.05, 4.69) is 15.0 Å². The molecule has 4 nitrogen and oxygen atoms in total. The van der Waals surface area contributed by atoms with Crippen LogP contribution in [0.1, 0.15) is 10.5 Å². The number of carbonyl (C=O) groups is 1. The molecule has 0 saturated heterocycles. The predicted octanol–water partition coefficient (Wildman–Crippen LogP) is 0.971. The molecule has 0 aliphatic heterocycles. The highest BCUT2D eigenvalue weighted by Gasteiger charge is 2.13. The molecular weight excluding hydrogens is 164 g/mol. The molecule has 60 valence electrons. The maximum absolute atomic E-state index is 10.9. The molecule has 1 heterocycles. The molecule has 0 atom stereocenters. The van der Waals surface area contributed by atoms with Gasteiger partial charge in [-0.25, -0.2) is 9.78 Å². The van der Waals surface area contributed by atoms with Crippen LogP contribution in [0.4, 0.5) is 5.00 Å². The van der Waals surface area contributed by atoms with Gasteiger partial charge in [0.25, 0.3) is 0 Å². The molecule has 1 rings (SSSR count). The fraction of sp³-hybridized carbons (Fsp3) is 0.333. The lowest BCUT2D eigenvalue weighted by atomic mass is 10.5. The van der Waals surface area contributed by atoms with Crippen molar-refractivity contribution < 1.29 is 9.53 Å². The molecule has 5 heteroatoms. The van der Waals surface area contributed by atoms with E-state index in [1.807, 2.05) is 0 Å². The molecule has 0 aliphatic carbocycles. The van der Waals surface area contributed by atoms with Crippen molar-refractivity contribution in [2.24, 2.45) is 0 Å². The van der Waals surface area contributed by atoms with Crippen LogP contribution in [0, 0.1) is 0 Å². The summed E-state index contributed by atoms with van der Waals surface area (Å²) in [6.45, 7) is 0. The average Bonchev–Trinajstić information content (AvgIpc) is 2.50. The Morgan fingerprint density at radius 2 is 2.55 bits per heavy atom. The lowest BCUT2D eigenvalue weighted by Gasteiger charge is -1.97. The van der Waals surface area contributed by atoms with Gasteiger partial charge in [0, 0.05) is 7.05 Å². The number of thiazole rings is 1. The standard InChI is InChI=1S/C6H8N2O2S/c1-7-5-4(6(9)10-2)8-3-11-5/h3,7H,1-2H3. The average molecular weight is 172 g/mol. The van der Waals surface area contributed by atoms with E-state index in [1.165, 1.54) is 18.4 Å². The fourth-order valence-electron chi connectivity index (χ4n) is 0.666. The lowest BCUT2D eigenvalue weighted by molar-refractivity contribution is 0.0596. The second-order valence-electron chi connectivity index (χ2n) is 1.77. The SMILES string of the molecule is CNc1scnc1C(=O)OC. The maximum atomic E-state index is 10.9. The summed E-state index contributed by atoms with van der Waals surface area (Å²) in [6, 6.07) is 0. The summed E-state index contributed by atoms with van der Waals surface area (Å²) in [6.07, 6.45) is 0. The highest BCUT2D eigenvalue weighted by atomic mass is 32.1. The molecule has 0 aliphatic rings. The van der Waals surface area contributed by atoms with E-state index in [-0.39, 0.29) is 0 Å². The highest BCUT2D eigenvalue weighted by Crippen LogP contribution is 2.19. The van der Waals surface area contributed by atoms with Crippen molar-refractivity contribution in [3.8, 4) is 0 Å². The smallest absolute Gasteiger partial charge is 0.359 e. The van der Waals surface area contributed by atoms with Crippen LogP contribution in [0.15, 0.2) is 5.51 Å². The Kier molecular flexibility index (Phi) is 2.43. The van der Waals surface area contributed by atoms with Crippen LogP contribution >= 0.6 is 11.3 Å². The molecule has 0 aromatic carbocycles. The Labute approximate surface area is 68.2 Å². The van der Waals surface area contributed by atoms with Crippen molar-refractivity contribution in [1.29, 1.82) is 0 Å². The number of aromatic nitrogens is 1. The van der Waals surface area contributed by atoms with E-state index in [9.17, 15) is 4.79 Å².